The van der Waals surface area contributed by atoms with Crippen LogP contribution >= 0.6 is 0 Å². The molecule has 4 nitrogen and oxygen atoms in total. The molecule has 0 fully saturated rings. The average Bonchev–Trinajstić information content (AvgIpc) is 2.45. The fourth-order valence-corrected chi connectivity index (χ4v) is 1.98. The monoisotopic (exact) mass is 258 g/mol. The van der Waals surface area contributed by atoms with E-state index in [1.165, 1.54) is 0 Å². The molecule has 0 heterocycles. The van der Waals surface area contributed by atoms with Gasteiger partial charge in [0.25, 0.3) is 5.91 Å². The number of nitrogens with two attached hydrogens (primary N) is 1. The molecule has 1 unspecified atom stereocenters. The maximum absolute atomic E-state index is 12.3. The molecule has 0 bridgehead atoms. The number of nitrogens with zero attached hydrogens (tertiary/aromatic N) is 1. The van der Waals surface area contributed by atoms with E-state index in [2.05, 4.69) is 0 Å². The number of hydrogen-bond donors (Lipinski definition) is 2. The number of likely N-dealkylation sites (N-methyl/N-ethyl adjacent to an activating group) is 1. The summed E-state index contributed by atoms with van der Waals surface area (Å²) in [5.41, 5.74) is 5.87. The van der Waals surface area contributed by atoms with Crippen LogP contribution in [0.1, 0.15) is 17.3 Å². The molecule has 0 aliphatic rings. The molecule has 0 saturated heterocycles. The zero-order chi connectivity index (χ0) is 14.0. The quantitative estimate of drug-likeness (QED) is 0.884. The van der Waals surface area contributed by atoms with Gasteiger partial charge in [-0.25, -0.2) is 0 Å². The van der Waals surface area contributed by atoms with Crippen molar-refractivity contribution in [1.82, 2.24) is 4.90 Å². The Kier molecular flexibility index (Phi) is 3.71. The summed E-state index contributed by atoms with van der Waals surface area (Å²) in [6, 6.07) is 10.8. The van der Waals surface area contributed by atoms with Crippen LogP contribution in [0.3, 0.4) is 0 Å². The second kappa shape index (κ2) is 5.28. The number of carbonyl (C=O) groups is 1. The van der Waals surface area contributed by atoms with E-state index in [4.69, 9.17) is 5.73 Å². The molecule has 4 heteroatoms. The number of fused-ring (bicyclic) bond motifs is 1. The Labute approximate surface area is 112 Å². The molecule has 0 spiro atoms. The predicted octanol–water partition coefficient (Wildman–Crippen LogP) is 1.96. The first-order chi connectivity index (χ1) is 9.06. The summed E-state index contributed by atoms with van der Waals surface area (Å²) < 4.78 is 0. The van der Waals surface area contributed by atoms with Gasteiger partial charge in [0.05, 0.1) is 5.56 Å². The van der Waals surface area contributed by atoms with Gasteiger partial charge < -0.3 is 15.7 Å². The molecule has 2 aromatic rings. The maximum atomic E-state index is 12.3. The lowest BCUT2D eigenvalue weighted by molar-refractivity contribution is 0.0745. The lowest BCUT2D eigenvalue weighted by Crippen LogP contribution is -2.39. The number of benzene rings is 2. The van der Waals surface area contributed by atoms with Crippen molar-refractivity contribution in [2.45, 2.75) is 13.0 Å². The van der Waals surface area contributed by atoms with E-state index >= 15 is 0 Å². The van der Waals surface area contributed by atoms with Gasteiger partial charge in [-0.3, -0.25) is 4.79 Å². The first-order valence-corrected chi connectivity index (χ1v) is 6.24. The zero-order valence-corrected chi connectivity index (χ0v) is 11.1. The van der Waals surface area contributed by atoms with Crippen LogP contribution in [-0.4, -0.2) is 35.5 Å². The van der Waals surface area contributed by atoms with Crippen LogP contribution in [0.2, 0.25) is 0 Å². The molecule has 1 amide bonds. The first kappa shape index (κ1) is 13.4. The molecule has 3 N–H and O–H groups in total. The van der Waals surface area contributed by atoms with Crippen LogP contribution in [0.15, 0.2) is 36.4 Å². The summed E-state index contributed by atoms with van der Waals surface area (Å²) >= 11 is 0. The van der Waals surface area contributed by atoms with E-state index in [0.717, 1.165) is 5.39 Å². The van der Waals surface area contributed by atoms with Crippen LogP contribution < -0.4 is 5.73 Å². The molecule has 0 aliphatic heterocycles. The van der Waals surface area contributed by atoms with Crippen LogP contribution in [-0.2, 0) is 0 Å². The fourth-order valence-electron chi connectivity index (χ4n) is 1.98. The summed E-state index contributed by atoms with van der Waals surface area (Å²) in [5.74, 6) is -0.194. The molecule has 2 aromatic carbocycles. The summed E-state index contributed by atoms with van der Waals surface area (Å²) in [7, 11) is 1.69. The number of hydrogen-bond acceptors (Lipinski definition) is 3. The smallest absolute Gasteiger partial charge is 0.257 e. The Morgan fingerprint density at radius 3 is 2.68 bits per heavy atom. The van der Waals surface area contributed by atoms with Crippen LogP contribution in [0, 0.1) is 0 Å². The molecule has 1 atom stereocenters. The lowest BCUT2D eigenvalue weighted by atomic mass is 10.0. The molecular weight excluding hydrogens is 240 g/mol. The standard InChI is InChI=1S/C15H18N2O2/c1-10(9-16)17(2)15(19)13-8-7-11-5-3-4-6-12(11)14(13)18/h3-8,10,18H,9,16H2,1-2H3. The molecule has 19 heavy (non-hydrogen) atoms. The minimum Gasteiger partial charge on any atom is -0.506 e. The second-order valence-electron chi connectivity index (χ2n) is 4.68. The maximum Gasteiger partial charge on any atom is 0.257 e. The molecule has 0 saturated carbocycles. The van der Waals surface area contributed by atoms with Crippen molar-refractivity contribution in [3.8, 4) is 5.75 Å². The van der Waals surface area contributed by atoms with Gasteiger partial charge in [-0.05, 0) is 18.4 Å². The summed E-state index contributed by atoms with van der Waals surface area (Å²) in [6.07, 6.45) is 0. The van der Waals surface area contributed by atoms with E-state index < -0.39 is 0 Å². The minimum atomic E-state index is -0.221. The Morgan fingerprint density at radius 1 is 1.32 bits per heavy atom. The number of carbonyl (C=O) groups excluding carboxylic acids is 1. The third-order valence-electron chi connectivity index (χ3n) is 3.45. The Balaban J connectivity index is 2.46. The highest BCUT2D eigenvalue weighted by atomic mass is 16.3. The van der Waals surface area contributed by atoms with Crippen molar-refractivity contribution < 1.29 is 9.90 Å². The summed E-state index contributed by atoms with van der Waals surface area (Å²) in [4.78, 5) is 13.9. The minimum absolute atomic E-state index is 0.0270. The van der Waals surface area contributed by atoms with Crippen molar-refractivity contribution in [2.75, 3.05) is 13.6 Å². The van der Waals surface area contributed by atoms with E-state index in [9.17, 15) is 9.90 Å². The zero-order valence-electron chi connectivity index (χ0n) is 11.1. The fraction of sp³-hybridized carbons (Fsp3) is 0.267. The van der Waals surface area contributed by atoms with Crippen molar-refractivity contribution in [3.63, 3.8) is 0 Å². The Morgan fingerprint density at radius 2 is 2.00 bits per heavy atom. The van der Waals surface area contributed by atoms with Gasteiger partial charge >= 0.3 is 0 Å². The highest BCUT2D eigenvalue weighted by Crippen LogP contribution is 2.29. The van der Waals surface area contributed by atoms with Crippen LogP contribution in [0.4, 0.5) is 0 Å². The van der Waals surface area contributed by atoms with Crippen LogP contribution in [0.5, 0.6) is 5.75 Å². The first-order valence-electron chi connectivity index (χ1n) is 6.24. The number of aromatic hydroxyl groups is 1. The highest BCUT2D eigenvalue weighted by molar-refractivity contribution is 6.03. The average molecular weight is 258 g/mol. The number of rotatable bonds is 3. The third-order valence-corrected chi connectivity index (χ3v) is 3.45. The van der Waals surface area contributed by atoms with Crippen molar-refractivity contribution in [1.29, 1.82) is 0 Å². The Hall–Kier alpha value is -2.07. The third kappa shape index (κ3) is 2.39. The van der Waals surface area contributed by atoms with E-state index in [0.29, 0.717) is 17.5 Å². The lowest BCUT2D eigenvalue weighted by Gasteiger charge is -2.24. The van der Waals surface area contributed by atoms with E-state index in [1.807, 2.05) is 31.2 Å². The van der Waals surface area contributed by atoms with Gasteiger partial charge in [-0.15, -0.1) is 0 Å². The van der Waals surface area contributed by atoms with Gasteiger partial charge in [0, 0.05) is 25.0 Å². The molecule has 2 rings (SSSR count). The van der Waals surface area contributed by atoms with Crippen LogP contribution in [0.25, 0.3) is 10.8 Å². The summed E-state index contributed by atoms with van der Waals surface area (Å²) in [6.45, 7) is 2.26. The molecule has 100 valence electrons. The van der Waals surface area contributed by atoms with E-state index in [-0.39, 0.29) is 17.7 Å². The van der Waals surface area contributed by atoms with Gasteiger partial charge in [0.15, 0.2) is 0 Å². The van der Waals surface area contributed by atoms with Gasteiger partial charge in [0.1, 0.15) is 5.75 Å². The van der Waals surface area contributed by atoms with Gasteiger partial charge in [0.2, 0.25) is 0 Å². The number of phenolic OH excluding ortho intramolecular Hbond substituents is 1. The molecular formula is C15H18N2O2. The summed E-state index contributed by atoms with van der Waals surface area (Å²) in [5, 5.41) is 11.8. The van der Waals surface area contributed by atoms with Gasteiger partial charge in [-0.1, -0.05) is 30.3 Å². The van der Waals surface area contributed by atoms with Crippen molar-refractivity contribution >= 4 is 16.7 Å². The second-order valence-corrected chi connectivity index (χ2v) is 4.68. The number of phenols is 1. The van der Waals surface area contributed by atoms with Crippen molar-refractivity contribution in [3.05, 3.63) is 42.0 Å². The van der Waals surface area contributed by atoms with Crippen molar-refractivity contribution in [2.24, 2.45) is 5.73 Å². The Bertz CT molecular complexity index is 610. The normalized spacial score (nSPS) is 12.4. The van der Waals surface area contributed by atoms with E-state index in [1.54, 1.807) is 24.1 Å². The SMILES string of the molecule is CC(CN)N(C)C(=O)c1ccc2ccccc2c1O. The predicted molar refractivity (Wildman–Crippen MR) is 76.2 cm³/mol. The molecule has 0 aliphatic carbocycles. The number of amides is 1. The highest BCUT2D eigenvalue weighted by Gasteiger charge is 2.20. The largest absolute Gasteiger partial charge is 0.506 e. The van der Waals surface area contributed by atoms with Gasteiger partial charge in [-0.2, -0.15) is 0 Å². The topological polar surface area (TPSA) is 66.6 Å². The molecule has 0 radical (unpaired) electrons. The molecule has 0 aromatic heterocycles.